The third kappa shape index (κ3) is 3.98. The molecule has 0 aromatic heterocycles. The topological polar surface area (TPSA) is 53.3 Å². The largest absolute Gasteiger partial charge is 0.491 e. The Morgan fingerprint density at radius 1 is 1.43 bits per heavy atom. The van der Waals surface area contributed by atoms with Crippen LogP contribution in [0.15, 0.2) is 24.3 Å². The van der Waals surface area contributed by atoms with Crippen molar-refractivity contribution in [2.24, 2.45) is 0 Å². The second kappa shape index (κ2) is 7.12. The molecule has 1 aromatic carbocycles. The monoisotopic (exact) mass is 286 g/mol. The van der Waals surface area contributed by atoms with Crippen LogP contribution in [-0.2, 0) is 0 Å². The summed E-state index contributed by atoms with van der Waals surface area (Å²) in [4.78, 5) is 14.4. The van der Waals surface area contributed by atoms with Crippen LogP contribution in [0, 0.1) is 11.3 Å². The summed E-state index contributed by atoms with van der Waals surface area (Å²) >= 11 is 0. The highest BCUT2D eigenvalue weighted by Crippen LogP contribution is 2.25. The van der Waals surface area contributed by atoms with Crippen LogP contribution in [-0.4, -0.2) is 29.5 Å². The summed E-state index contributed by atoms with van der Waals surface area (Å²) in [5.74, 6) is 0.622. The van der Waals surface area contributed by atoms with Crippen LogP contribution in [0.3, 0.4) is 0 Å². The number of rotatable bonds is 5. The SMILES string of the molecule is CC(C)Oc1cccc(C(=O)N(CC#N)C2CCCC2)c1. The van der Waals surface area contributed by atoms with Gasteiger partial charge in [0.15, 0.2) is 0 Å². The Hall–Kier alpha value is -2.02. The molecule has 1 saturated carbocycles. The highest BCUT2D eigenvalue weighted by Gasteiger charge is 2.27. The van der Waals surface area contributed by atoms with Gasteiger partial charge in [0.2, 0.25) is 0 Å². The van der Waals surface area contributed by atoms with Gasteiger partial charge in [-0.05, 0) is 44.9 Å². The molecule has 0 unspecified atom stereocenters. The van der Waals surface area contributed by atoms with E-state index in [0.717, 1.165) is 25.7 Å². The van der Waals surface area contributed by atoms with Gasteiger partial charge in [0, 0.05) is 11.6 Å². The Labute approximate surface area is 126 Å². The number of hydrogen-bond donors (Lipinski definition) is 0. The molecule has 4 heteroatoms. The van der Waals surface area contributed by atoms with Crippen molar-refractivity contribution in [2.45, 2.75) is 51.7 Å². The van der Waals surface area contributed by atoms with Crippen molar-refractivity contribution in [3.8, 4) is 11.8 Å². The quantitative estimate of drug-likeness (QED) is 0.780. The number of benzene rings is 1. The van der Waals surface area contributed by atoms with Crippen molar-refractivity contribution < 1.29 is 9.53 Å². The van der Waals surface area contributed by atoms with Crippen LogP contribution in [0.1, 0.15) is 49.9 Å². The Morgan fingerprint density at radius 2 is 2.14 bits per heavy atom. The molecule has 0 saturated heterocycles. The lowest BCUT2D eigenvalue weighted by Gasteiger charge is -2.26. The van der Waals surface area contributed by atoms with Gasteiger partial charge in [-0.15, -0.1) is 0 Å². The molecule has 1 aliphatic rings. The van der Waals surface area contributed by atoms with E-state index in [-0.39, 0.29) is 24.6 Å². The molecule has 21 heavy (non-hydrogen) atoms. The fourth-order valence-corrected chi connectivity index (χ4v) is 2.80. The van der Waals surface area contributed by atoms with Crippen molar-refractivity contribution in [3.63, 3.8) is 0 Å². The van der Waals surface area contributed by atoms with E-state index in [1.165, 1.54) is 0 Å². The zero-order chi connectivity index (χ0) is 15.2. The van der Waals surface area contributed by atoms with Crippen LogP contribution in [0.2, 0.25) is 0 Å². The predicted octanol–water partition coefficient (Wildman–Crippen LogP) is 3.38. The van der Waals surface area contributed by atoms with Crippen LogP contribution in [0.5, 0.6) is 5.75 Å². The van der Waals surface area contributed by atoms with Gasteiger partial charge in [-0.2, -0.15) is 5.26 Å². The maximum absolute atomic E-state index is 12.7. The highest BCUT2D eigenvalue weighted by molar-refractivity contribution is 5.95. The van der Waals surface area contributed by atoms with Crippen molar-refractivity contribution >= 4 is 5.91 Å². The van der Waals surface area contributed by atoms with E-state index >= 15 is 0 Å². The first-order valence-corrected chi connectivity index (χ1v) is 7.56. The first-order chi connectivity index (χ1) is 10.1. The average Bonchev–Trinajstić information content (AvgIpc) is 2.97. The fraction of sp³-hybridized carbons (Fsp3) is 0.529. The Kier molecular flexibility index (Phi) is 5.21. The molecule has 0 N–H and O–H groups in total. The van der Waals surface area contributed by atoms with E-state index in [0.29, 0.717) is 11.3 Å². The third-order valence-corrected chi connectivity index (χ3v) is 3.72. The zero-order valence-corrected chi connectivity index (χ0v) is 12.7. The van der Waals surface area contributed by atoms with Gasteiger partial charge >= 0.3 is 0 Å². The normalized spacial score (nSPS) is 15.0. The molecule has 0 atom stereocenters. The van der Waals surface area contributed by atoms with Crippen LogP contribution in [0.25, 0.3) is 0 Å². The molecule has 112 valence electrons. The van der Waals surface area contributed by atoms with Gasteiger partial charge in [-0.1, -0.05) is 18.9 Å². The number of amides is 1. The van der Waals surface area contributed by atoms with Crippen molar-refractivity contribution in [3.05, 3.63) is 29.8 Å². The first kappa shape index (κ1) is 15.4. The van der Waals surface area contributed by atoms with Gasteiger partial charge in [-0.3, -0.25) is 4.79 Å². The molecule has 0 aliphatic heterocycles. The van der Waals surface area contributed by atoms with Crippen molar-refractivity contribution in [1.29, 1.82) is 5.26 Å². The summed E-state index contributed by atoms with van der Waals surface area (Å²) in [5, 5.41) is 9.00. The second-order valence-electron chi connectivity index (χ2n) is 5.72. The van der Waals surface area contributed by atoms with Crippen molar-refractivity contribution in [1.82, 2.24) is 4.90 Å². The molecule has 1 amide bonds. The zero-order valence-electron chi connectivity index (χ0n) is 12.7. The van der Waals surface area contributed by atoms with Gasteiger partial charge in [0.05, 0.1) is 12.2 Å². The minimum atomic E-state index is -0.0716. The maximum atomic E-state index is 12.7. The number of carbonyl (C=O) groups excluding carboxylic acids is 1. The van der Waals surface area contributed by atoms with Gasteiger partial charge in [-0.25, -0.2) is 0 Å². The molecule has 1 aromatic rings. The first-order valence-electron chi connectivity index (χ1n) is 7.56. The summed E-state index contributed by atoms with van der Waals surface area (Å²) in [6.45, 7) is 4.06. The molecule has 2 rings (SSSR count). The molecule has 4 nitrogen and oxygen atoms in total. The fourth-order valence-electron chi connectivity index (χ4n) is 2.80. The van der Waals surface area contributed by atoms with Gasteiger partial charge in [0.1, 0.15) is 12.3 Å². The van der Waals surface area contributed by atoms with E-state index in [2.05, 4.69) is 6.07 Å². The van der Waals surface area contributed by atoms with E-state index in [1.54, 1.807) is 17.0 Å². The summed E-state index contributed by atoms with van der Waals surface area (Å²) in [5.41, 5.74) is 0.593. The summed E-state index contributed by atoms with van der Waals surface area (Å²) in [6.07, 6.45) is 4.33. The highest BCUT2D eigenvalue weighted by atomic mass is 16.5. The molecule has 0 heterocycles. The van der Waals surface area contributed by atoms with E-state index in [4.69, 9.17) is 10.00 Å². The lowest BCUT2D eigenvalue weighted by atomic mass is 10.1. The summed E-state index contributed by atoms with van der Waals surface area (Å²) in [7, 11) is 0. The van der Waals surface area contributed by atoms with Crippen LogP contribution < -0.4 is 4.74 Å². The smallest absolute Gasteiger partial charge is 0.255 e. The second-order valence-corrected chi connectivity index (χ2v) is 5.72. The van der Waals surface area contributed by atoms with E-state index in [9.17, 15) is 4.79 Å². The number of nitrogens with zero attached hydrogens (tertiary/aromatic N) is 2. The minimum absolute atomic E-state index is 0.0698. The summed E-state index contributed by atoms with van der Waals surface area (Å²) in [6, 6.07) is 9.54. The third-order valence-electron chi connectivity index (χ3n) is 3.72. The predicted molar refractivity (Wildman–Crippen MR) is 81.1 cm³/mol. The number of ether oxygens (including phenoxy) is 1. The molecule has 1 aliphatic carbocycles. The summed E-state index contributed by atoms with van der Waals surface area (Å²) < 4.78 is 5.63. The number of hydrogen-bond acceptors (Lipinski definition) is 3. The maximum Gasteiger partial charge on any atom is 0.255 e. The Bertz CT molecular complexity index is 528. The number of nitriles is 1. The van der Waals surface area contributed by atoms with Crippen LogP contribution in [0.4, 0.5) is 0 Å². The van der Waals surface area contributed by atoms with Gasteiger partial charge < -0.3 is 9.64 Å². The molecule has 0 radical (unpaired) electrons. The molecular weight excluding hydrogens is 264 g/mol. The molecular formula is C17H22N2O2. The van der Waals surface area contributed by atoms with Crippen LogP contribution >= 0.6 is 0 Å². The minimum Gasteiger partial charge on any atom is -0.491 e. The Morgan fingerprint density at radius 3 is 2.76 bits per heavy atom. The van der Waals surface area contributed by atoms with E-state index < -0.39 is 0 Å². The molecule has 1 fully saturated rings. The Balaban J connectivity index is 2.18. The molecule has 0 spiro atoms. The average molecular weight is 286 g/mol. The lowest BCUT2D eigenvalue weighted by molar-refractivity contribution is 0.0708. The van der Waals surface area contributed by atoms with E-state index in [1.807, 2.05) is 26.0 Å². The standard InChI is InChI=1S/C17H22N2O2/c1-13(2)21-16-9-5-6-14(12-16)17(20)19(11-10-18)15-7-3-4-8-15/h5-6,9,12-13,15H,3-4,7-8,11H2,1-2H3. The lowest BCUT2D eigenvalue weighted by Crippen LogP contribution is -2.39. The molecule has 0 bridgehead atoms. The number of carbonyl (C=O) groups is 1. The van der Waals surface area contributed by atoms with Gasteiger partial charge in [0.25, 0.3) is 5.91 Å². The van der Waals surface area contributed by atoms with Crippen molar-refractivity contribution in [2.75, 3.05) is 6.54 Å².